The van der Waals surface area contributed by atoms with Crippen molar-refractivity contribution in [1.82, 2.24) is 4.90 Å². The molecule has 0 saturated heterocycles. The van der Waals surface area contributed by atoms with Gasteiger partial charge in [-0.25, -0.2) is 0 Å². The second-order valence-corrected chi connectivity index (χ2v) is 6.07. The van der Waals surface area contributed by atoms with Crippen LogP contribution < -0.4 is 4.74 Å². The number of hydrogen-bond acceptors (Lipinski definition) is 3. The van der Waals surface area contributed by atoms with Gasteiger partial charge >= 0.3 is 0 Å². The average molecular weight is 351 g/mol. The van der Waals surface area contributed by atoms with E-state index in [0.29, 0.717) is 0 Å². The maximum absolute atomic E-state index is 6.01. The van der Waals surface area contributed by atoms with Crippen LogP contribution in [0.4, 0.5) is 0 Å². The lowest BCUT2D eigenvalue weighted by Crippen LogP contribution is -2.28. The van der Waals surface area contributed by atoms with E-state index >= 15 is 0 Å². The molecule has 0 radical (unpaired) electrons. The van der Waals surface area contributed by atoms with Gasteiger partial charge in [0.1, 0.15) is 17.6 Å². The molecular formula is C18H20Cl2N2O. The first-order chi connectivity index (χ1) is 10.6. The third-order valence-corrected chi connectivity index (χ3v) is 4.23. The first-order valence-corrected chi connectivity index (χ1v) is 7.62. The molecule has 23 heavy (non-hydrogen) atoms. The van der Waals surface area contributed by atoms with Crippen LogP contribution in [0.15, 0.2) is 47.5 Å². The fourth-order valence-corrected chi connectivity index (χ4v) is 2.86. The fourth-order valence-electron chi connectivity index (χ4n) is 2.74. The van der Waals surface area contributed by atoms with Gasteiger partial charge in [-0.15, -0.1) is 12.4 Å². The number of aliphatic imine (C=N–C) groups is 1. The summed E-state index contributed by atoms with van der Waals surface area (Å²) in [5.74, 6) is 1.95. The van der Waals surface area contributed by atoms with Crippen molar-refractivity contribution in [3.8, 4) is 5.75 Å². The largest absolute Gasteiger partial charge is 0.497 e. The molecule has 3 rings (SSSR count). The van der Waals surface area contributed by atoms with E-state index in [2.05, 4.69) is 17.0 Å². The quantitative estimate of drug-likeness (QED) is 0.802. The van der Waals surface area contributed by atoms with E-state index in [-0.39, 0.29) is 18.4 Å². The maximum Gasteiger partial charge on any atom is 0.119 e. The van der Waals surface area contributed by atoms with Gasteiger partial charge in [-0.05, 0) is 41.0 Å². The molecule has 0 aliphatic carbocycles. The predicted molar refractivity (Wildman–Crippen MR) is 98.4 cm³/mol. The van der Waals surface area contributed by atoms with Gasteiger partial charge in [0, 0.05) is 25.5 Å². The second-order valence-electron chi connectivity index (χ2n) is 5.64. The van der Waals surface area contributed by atoms with Gasteiger partial charge in [-0.1, -0.05) is 29.8 Å². The molecule has 0 amide bonds. The van der Waals surface area contributed by atoms with Crippen molar-refractivity contribution in [3.63, 3.8) is 0 Å². The minimum Gasteiger partial charge on any atom is -0.497 e. The summed E-state index contributed by atoms with van der Waals surface area (Å²) in [5, 5.41) is 0.742. The molecule has 0 spiro atoms. The van der Waals surface area contributed by atoms with E-state index in [0.717, 1.165) is 28.6 Å². The van der Waals surface area contributed by atoms with Crippen LogP contribution in [0.25, 0.3) is 0 Å². The Balaban J connectivity index is 0.00000192. The van der Waals surface area contributed by atoms with Crippen LogP contribution in [0.5, 0.6) is 5.75 Å². The van der Waals surface area contributed by atoms with Gasteiger partial charge in [0.15, 0.2) is 0 Å². The molecule has 2 aromatic rings. The van der Waals surface area contributed by atoms with Crippen molar-refractivity contribution >= 4 is 29.8 Å². The average Bonchev–Trinajstić information content (AvgIpc) is 2.54. The first kappa shape index (κ1) is 17.6. The molecule has 2 aromatic carbocycles. The summed E-state index contributed by atoms with van der Waals surface area (Å²) in [6.07, 6.45) is 0.823. The minimum atomic E-state index is 0. The molecule has 0 bridgehead atoms. The van der Waals surface area contributed by atoms with Crippen LogP contribution in [-0.4, -0.2) is 31.9 Å². The summed E-state index contributed by atoms with van der Waals surface area (Å²) in [6.45, 7) is 0. The molecule has 1 aliphatic heterocycles. The number of halogens is 2. The number of nitrogens with zero attached hydrogens (tertiary/aromatic N) is 2. The summed E-state index contributed by atoms with van der Waals surface area (Å²) < 4.78 is 5.36. The van der Waals surface area contributed by atoms with Crippen molar-refractivity contribution in [2.75, 3.05) is 21.2 Å². The molecule has 0 N–H and O–H groups in total. The normalized spacial score (nSPS) is 16.0. The van der Waals surface area contributed by atoms with Crippen LogP contribution in [-0.2, 0) is 6.42 Å². The minimum absolute atomic E-state index is 0. The highest BCUT2D eigenvalue weighted by Crippen LogP contribution is 2.35. The molecule has 1 unspecified atom stereocenters. The smallest absolute Gasteiger partial charge is 0.119 e. The van der Waals surface area contributed by atoms with E-state index in [9.17, 15) is 0 Å². The maximum atomic E-state index is 6.01. The van der Waals surface area contributed by atoms with Crippen molar-refractivity contribution in [1.29, 1.82) is 0 Å². The van der Waals surface area contributed by atoms with Gasteiger partial charge < -0.3 is 9.64 Å². The molecule has 1 aliphatic rings. The van der Waals surface area contributed by atoms with Crippen LogP contribution in [0.1, 0.15) is 22.7 Å². The zero-order valence-corrected chi connectivity index (χ0v) is 15.0. The van der Waals surface area contributed by atoms with Gasteiger partial charge in [-0.2, -0.15) is 0 Å². The van der Waals surface area contributed by atoms with Gasteiger partial charge in [0.2, 0.25) is 0 Å². The van der Waals surface area contributed by atoms with E-state index < -0.39 is 0 Å². The summed E-state index contributed by atoms with van der Waals surface area (Å²) in [5.41, 5.74) is 3.64. The SMILES string of the molecule is COc1ccc2c(c1)CC(N(C)C)=NC2c1ccc(Cl)cc1.Cl. The number of ether oxygens (including phenoxy) is 1. The standard InChI is InChI=1S/C18H19ClN2O.ClH/c1-21(2)17-11-13-10-15(22-3)8-9-16(13)18(20-17)12-4-6-14(19)7-5-12;/h4-10,18H,11H2,1-3H3;1H. The van der Waals surface area contributed by atoms with E-state index in [1.165, 1.54) is 11.1 Å². The highest BCUT2D eigenvalue weighted by molar-refractivity contribution is 6.30. The highest BCUT2D eigenvalue weighted by Gasteiger charge is 2.24. The monoisotopic (exact) mass is 350 g/mol. The Morgan fingerprint density at radius 2 is 1.83 bits per heavy atom. The number of fused-ring (bicyclic) bond motifs is 1. The lowest BCUT2D eigenvalue weighted by Gasteiger charge is -2.28. The van der Waals surface area contributed by atoms with Crippen LogP contribution in [0.3, 0.4) is 0 Å². The third kappa shape index (κ3) is 3.62. The zero-order valence-electron chi connectivity index (χ0n) is 13.4. The summed E-state index contributed by atoms with van der Waals surface area (Å²) in [4.78, 5) is 7.01. The Morgan fingerprint density at radius 3 is 2.43 bits per heavy atom. The number of rotatable bonds is 2. The summed E-state index contributed by atoms with van der Waals surface area (Å²) >= 11 is 6.01. The van der Waals surface area contributed by atoms with Crippen LogP contribution in [0, 0.1) is 0 Å². The number of methoxy groups -OCH3 is 1. The van der Waals surface area contributed by atoms with Crippen molar-refractivity contribution in [2.45, 2.75) is 12.5 Å². The second kappa shape index (κ2) is 7.24. The van der Waals surface area contributed by atoms with Crippen molar-refractivity contribution < 1.29 is 4.74 Å². The van der Waals surface area contributed by atoms with E-state index in [4.69, 9.17) is 21.3 Å². The Kier molecular flexibility index (Phi) is 5.55. The van der Waals surface area contributed by atoms with Crippen molar-refractivity contribution in [3.05, 3.63) is 64.2 Å². The summed E-state index contributed by atoms with van der Waals surface area (Å²) in [7, 11) is 5.76. The zero-order chi connectivity index (χ0) is 15.7. The molecular weight excluding hydrogens is 331 g/mol. The predicted octanol–water partition coefficient (Wildman–Crippen LogP) is 4.38. The van der Waals surface area contributed by atoms with Gasteiger partial charge in [-0.3, -0.25) is 4.99 Å². The molecule has 0 aromatic heterocycles. The Labute approximate surface area is 148 Å². The molecule has 122 valence electrons. The molecule has 0 fully saturated rings. The van der Waals surface area contributed by atoms with Gasteiger partial charge in [0.05, 0.1) is 7.11 Å². The van der Waals surface area contributed by atoms with Crippen LogP contribution in [0.2, 0.25) is 5.02 Å². The fraction of sp³-hybridized carbons (Fsp3) is 0.278. The number of likely N-dealkylation sites (N-methyl/N-ethyl adjacent to an activating group) is 1. The topological polar surface area (TPSA) is 24.8 Å². The van der Waals surface area contributed by atoms with Crippen molar-refractivity contribution in [2.24, 2.45) is 4.99 Å². The lowest BCUT2D eigenvalue weighted by molar-refractivity contribution is 0.414. The highest BCUT2D eigenvalue weighted by atomic mass is 35.5. The molecule has 3 nitrogen and oxygen atoms in total. The van der Waals surface area contributed by atoms with E-state index in [1.807, 2.05) is 44.4 Å². The van der Waals surface area contributed by atoms with Gasteiger partial charge in [0.25, 0.3) is 0 Å². The van der Waals surface area contributed by atoms with E-state index in [1.54, 1.807) is 7.11 Å². The molecule has 0 saturated carbocycles. The third-order valence-electron chi connectivity index (χ3n) is 3.97. The van der Waals surface area contributed by atoms with Crippen LogP contribution >= 0.6 is 24.0 Å². The molecule has 5 heteroatoms. The number of amidine groups is 1. The Hall–Kier alpha value is -1.71. The Bertz CT molecular complexity index is 711. The molecule has 1 atom stereocenters. The lowest BCUT2D eigenvalue weighted by atomic mass is 9.90. The summed E-state index contributed by atoms with van der Waals surface area (Å²) in [6, 6.07) is 14.1. The first-order valence-electron chi connectivity index (χ1n) is 7.25. The Morgan fingerprint density at radius 1 is 1.13 bits per heavy atom. The number of hydrogen-bond donors (Lipinski definition) is 0. The number of benzene rings is 2. The molecule has 1 heterocycles.